The van der Waals surface area contributed by atoms with Crippen LogP contribution in [0.1, 0.15) is 22.4 Å². The molecule has 7 nitrogen and oxygen atoms in total. The lowest BCUT2D eigenvalue weighted by atomic mass is 10.1. The van der Waals surface area contributed by atoms with Gasteiger partial charge in [-0.15, -0.1) is 0 Å². The molecule has 4 aromatic rings. The van der Waals surface area contributed by atoms with Crippen molar-refractivity contribution < 1.29 is 14.3 Å². The Morgan fingerprint density at radius 3 is 2.58 bits per heavy atom. The normalized spacial score (nSPS) is 10.8. The van der Waals surface area contributed by atoms with Gasteiger partial charge in [-0.05, 0) is 67.8 Å². The molecule has 0 aliphatic heterocycles. The van der Waals surface area contributed by atoms with Crippen molar-refractivity contribution in [1.82, 2.24) is 9.38 Å². The average Bonchev–Trinajstić information content (AvgIpc) is 2.79. The van der Waals surface area contributed by atoms with Gasteiger partial charge in [0.15, 0.2) is 6.61 Å². The van der Waals surface area contributed by atoms with Gasteiger partial charge in [-0.25, -0.2) is 4.98 Å². The zero-order chi connectivity index (χ0) is 23.4. The number of nitrogens with one attached hydrogen (secondary N) is 1. The number of nitrogens with zero attached hydrogens (tertiary/aromatic N) is 2. The van der Waals surface area contributed by atoms with E-state index in [1.54, 1.807) is 36.5 Å². The summed E-state index contributed by atoms with van der Waals surface area (Å²) in [5.41, 5.74) is 4.78. The van der Waals surface area contributed by atoms with E-state index in [9.17, 15) is 9.59 Å². The Balaban J connectivity index is 1.36. The van der Waals surface area contributed by atoms with Crippen molar-refractivity contribution in [2.45, 2.75) is 27.4 Å². The third kappa shape index (κ3) is 5.57. The monoisotopic (exact) mass is 443 g/mol. The predicted octanol–water partition coefficient (Wildman–Crippen LogP) is 4.22. The van der Waals surface area contributed by atoms with E-state index in [4.69, 9.17) is 9.47 Å². The van der Waals surface area contributed by atoms with Crippen LogP contribution in [0.3, 0.4) is 0 Å². The molecular weight excluding hydrogens is 418 g/mol. The molecule has 0 aliphatic rings. The number of benzene rings is 2. The number of amides is 1. The molecule has 0 radical (unpaired) electrons. The highest BCUT2D eigenvalue weighted by molar-refractivity contribution is 5.92. The molecule has 0 spiro atoms. The molecule has 0 fully saturated rings. The fraction of sp³-hybridized carbons (Fsp3) is 0.192. The minimum atomic E-state index is -0.273. The summed E-state index contributed by atoms with van der Waals surface area (Å²) in [4.78, 5) is 29.1. The minimum absolute atomic E-state index is 0.0992. The first-order chi connectivity index (χ1) is 15.9. The number of hydrogen-bond acceptors (Lipinski definition) is 5. The zero-order valence-corrected chi connectivity index (χ0v) is 18.8. The lowest BCUT2D eigenvalue weighted by Crippen LogP contribution is -2.20. The fourth-order valence-corrected chi connectivity index (χ4v) is 3.30. The van der Waals surface area contributed by atoms with Gasteiger partial charge in [0.05, 0.1) is 5.69 Å². The summed E-state index contributed by atoms with van der Waals surface area (Å²) in [6.45, 7) is 5.98. The molecule has 0 atom stereocenters. The highest BCUT2D eigenvalue weighted by Crippen LogP contribution is 2.19. The van der Waals surface area contributed by atoms with Crippen LogP contribution in [0.5, 0.6) is 11.5 Å². The van der Waals surface area contributed by atoms with Gasteiger partial charge in [-0.3, -0.25) is 14.0 Å². The molecule has 4 rings (SSSR count). The van der Waals surface area contributed by atoms with Gasteiger partial charge in [-0.2, -0.15) is 0 Å². The lowest BCUT2D eigenvalue weighted by molar-refractivity contribution is -0.118. The van der Waals surface area contributed by atoms with Crippen LogP contribution in [0.2, 0.25) is 0 Å². The lowest BCUT2D eigenvalue weighted by Gasteiger charge is -2.11. The Morgan fingerprint density at radius 1 is 0.939 bits per heavy atom. The number of anilines is 1. The molecule has 0 saturated carbocycles. The Kier molecular flexibility index (Phi) is 6.40. The highest BCUT2D eigenvalue weighted by Gasteiger charge is 2.07. The van der Waals surface area contributed by atoms with E-state index in [0.717, 1.165) is 11.1 Å². The van der Waals surface area contributed by atoms with Gasteiger partial charge in [0.2, 0.25) is 0 Å². The summed E-state index contributed by atoms with van der Waals surface area (Å²) in [5.74, 6) is 0.929. The quantitative estimate of drug-likeness (QED) is 0.463. The van der Waals surface area contributed by atoms with Crippen LogP contribution in [-0.4, -0.2) is 21.9 Å². The summed E-state index contributed by atoms with van der Waals surface area (Å²) in [6, 6.07) is 17.9. The Hall–Kier alpha value is -4.13. The second kappa shape index (κ2) is 9.56. The largest absolute Gasteiger partial charge is 0.487 e. The van der Waals surface area contributed by atoms with Crippen LogP contribution < -0.4 is 20.3 Å². The van der Waals surface area contributed by atoms with Gasteiger partial charge in [-0.1, -0.05) is 18.2 Å². The van der Waals surface area contributed by atoms with Crippen molar-refractivity contribution >= 4 is 17.2 Å². The van der Waals surface area contributed by atoms with Crippen molar-refractivity contribution in [3.8, 4) is 11.5 Å². The molecular formula is C26H25N3O4. The van der Waals surface area contributed by atoms with E-state index in [-0.39, 0.29) is 24.7 Å². The fourth-order valence-electron chi connectivity index (χ4n) is 3.30. The van der Waals surface area contributed by atoms with E-state index in [0.29, 0.717) is 28.5 Å². The summed E-state index contributed by atoms with van der Waals surface area (Å²) in [7, 11) is 0. The topological polar surface area (TPSA) is 81.9 Å². The van der Waals surface area contributed by atoms with Crippen LogP contribution >= 0.6 is 0 Å². The van der Waals surface area contributed by atoms with Gasteiger partial charge >= 0.3 is 0 Å². The molecule has 168 valence electrons. The molecule has 33 heavy (non-hydrogen) atoms. The molecule has 2 aromatic carbocycles. The second-order valence-electron chi connectivity index (χ2n) is 7.92. The Bertz CT molecular complexity index is 1380. The van der Waals surface area contributed by atoms with Crippen LogP contribution in [0.15, 0.2) is 71.7 Å². The maximum Gasteiger partial charge on any atom is 0.262 e. The standard InChI is InChI=1S/C26H25N3O4/c1-17-7-10-24-27-21(13-26(31)29(24)14-17)15-32-22-6-4-5-20(12-22)28-25(30)16-33-23-9-8-18(2)19(3)11-23/h4-14H,15-16H2,1-3H3,(H,28,30). The molecule has 0 saturated heterocycles. The highest BCUT2D eigenvalue weighted by atomic mass is 16.5. The molecule has 0 bridgehead atoms. The number of rotatable bonds is 7. The first kappa shape index (κ1) is 22.1. The maximum absolute atomic E-state index is 12.3. The van der Waals surface area contributed by atoms with Crippen molar-refractivity contribution in [3.63, 3.8) is 0 Å². The van der Waals surface area contributed by atoms with E-state index < -0.39 is 0 Å². The third-order valence-electron chi connectivity index (χ3n) is 5.21. The van der Waals surface area contributed by atoms with Crippen LogP contribution in [-0.2, 0) is 11.4 Å². The molecule has 7 heteroatoms. The molecule has 0 unspecified atom stereocenters. The molecule has 2 heterocycles. The number of aryl methyl sites for hydroxylation is 3. The SMILES string of the molecule is Cc1ccc2nc(COc3cccc(NC(=O)COc4ccc(C)c(C)c4)c3)cc(=O)n2c1. The number of fused-ring (bicyclic) bond motifs is 1. The Labute approximate surface area is 191 Å². The first-order valence-corrected chi connectivity index (χ1v) is 10.6. The summed E-state index contributed by atoms with van der Waals surface area (Å²) in [6.07, 6.45) is 1.76. The molecule has 1 N–H and O–H groups in total. The summed E-state index contributed by atoms with van der Waals surface area (Å²) in [5, 5.41) is 2.80. The van der Waals surface area contributed by atoms with Gasteiger partial charge in [0.1, 0.15) is 23.8 Å². The van der Waals surface area contributed by atoms with Crippen molar-refractivity contribution in [2.75, 3.05) is 11.9 Å². The number of carbonyl (C=O) groups excluding carboxylic acids is 1. The maximum atomic E-state index is 12.3. The minimum Gasteiger partial charge on any atom is -0.487 e. The van der Waals surface area contributed by atoms with E-state index >= 15 is 0 Å². The van der Waals surface area contributed by atoms with E-state index in [2.05, 4.69) is 10.3 Å². The van der Waals surface area contributed by atoms with Crippen molar-refractivity contribution in [2.24, 2.45) is 0 Å². The van der Waals surface area contributed by atoms with Crippen molar-refractivity contribution in [3.05, 3.63) is 99.6 Å². The van der Waals surface area contributed by atoms with Gasteiger partial charge in [0.25, 0.3) is 11.5 Å². The van der Waals surface area contributed by atoms with Gasteiger partial charge < -0.3 is 14.8 Å². The molecule has 1 amide bonds. The van der Waals surface area contributed by atoms with Crippen LogP contribution in [0.4, 0.5) is 5.69 Å². The molecule has 0 aliphatic carbocycles. The van der Waals surface area contributed by atoms with Gasteiger partial charge in [0, 0.05) is 24.0 Å². The second-order valence-corrected chi connectivity index (χ2v) is 7.92. The number of pyridine rings is 1. The number of hydrogen-bond donors (Lipinski definition) is 1. The van der Waals surface area contributed by atoms with Crippen LogP contribution in [0.25, 0.3) is 5.65 Å². The third-order valence-corrected chi connectivity index (χ3v) is 5.21. The first-order valence-electron chi connectivity index (χ1n) is 10.6. The smallest absolute Gasteiger partial charge is 0.262 e. The number of ether oxygens (including phenoxy) is 2. The van der Waals surface area contributed by atoms with E-state index in [1.165, 1.54) is 16.0 Å². The average molecular weight is 444 g/mol. The summed E-state index contributed by atoms with van der Waals surface area (Å²) < 4.78 is 12.9. The summed E-state index contributed by atoms with van der Waals surface area (Å²) >= 11 is 0. The van der Waals surface area contributed by atoms with E-state index in [1.807, 2.05) is 45.0 Å². The predicted molar refractivity (Wildman–Crippen MR) is 127 cm³/mol. The Morgan fingerprint density at radius 2 is 1.76 bits per heavy atom. The van der Waals surface area contributed by atoms with Crippen LogP contribution in [0, 0.1) is 20.8 Å². The number of aromatic nitrogens is 2. The van der Waals surface area contributed by atoms with Crippen molar-refractivity contribution in [1.29, 1.82) is 0 Å². The number of carbonyl (C=O) groups is 1. The molecule has 2 aromatic heterocycles. The zero-order valence-electron chi connectivity index (χ0n) is 18.8.